The minimum absolute atomic E-state index is 0.243. The van der Waals surface area contributed by atoms with Crippen LogP contribution in [-0.4, -0.2) is 37.3 Å². The van der Waals surface area contributed by atoms with Gasteiger partial charge in [0.05, 0.1) is 13.2 Å². The standard InChI is InChI=1S/C19H19N3O4/c1-22(16(13-20)11-14-7-4-3-5-8-14)19(24)26-17-10-6-9-15(12-17)21-18(23)25-2/h3-10,12,16H,11H2,1-2H3,(H,21,23). The van der Waals surface area contributed by atoms with Gasteiger partial charge in [0, 0.05) is 25.2 Å². The van der Waals surface area contributed by atoms with Crippen molar-refractivity contribution in [2.24, 2.45) is 0 Å². The summed E-state index contributed by atoms with van der Waals surface area (Å²) >= 11 is 0. The maximum absolute atomic E-state index is 12.3. The number of ether oxygens (including phenoxy) is 2. The van der Waals surface area contributed by atoms with Crippen molar-refractivity contribution in [2.45, 2.75) is 12.5 Å². The topological polar surface area (TPSA) is 91.7 Å². The molecule has 0 heterocycles. The van der Waals surface area contributed by atoms with Crippen molar-refractivity contribution in [3.63, 3.8) is 0 Å². The van der Waals surface area contributed by atoms with Gasteiger partial charge in [0.2, 0.25) is 0 Å². The Bertz CT molecular complexity index is 802. The third-order valence-electron chi connectivity index (χ3n) is 3.65. The highest BCUT2D eigenvalue weighted by atomic mass is 16.6. The predicted octanol–water partition coefficient (Wildman–Crippen LogP) is 3.43. The second-order valence-corrected chi connectivity index (χ2v) is 5.46. The Labute approximate surface area is 151 Å². The number of methoxy groups -OCH3 is 1. The van der Waals surface area contributed by atoms with Gasteiger partial charge >= 0.3 is 12.2 Å². The SMILES string of the molecule is COC(=O)Nc1cccc(OC(=O)N(C)C(C#N)Cc2ccccc2)c1. The summed E-state index contributed by atoms with van der Waals surface area (Å²) in [5.74, 6) is 0.243. The van der Waals surface area contributed by atoms with Crippen LogP contribution < -0.4 is 10.1 Å². The molecule has 0 fully saturated rings. The van der Waals surface area contributed by atoms with Crippen molar-refractivity contribution in [1.29, 1.82) is 5.26 Å². The zero-order chi connectivity index (χ0) is 18.9. The summed E-state index contributed by atoms with van der Waals surface area (Å²) in [6.45, 7) is 0. The number of nitriles is 1. The minimum Gasteiger partial charge on any atom is -0.453 e. The number of rotatable bonds is 5. The molecule has 2 amide bonds. The molecule has 1 unspecified atom stereocenters. The molecule has 0 radical (unpaired) electrons. The van der Waals surface area contributed by atoms with Crippen LogP contribution in [0.1, 0.15) is 5.56 Å². The fraction of sp³-hybridized carbons (Fsp3) is 0.211. The molecule has 0 saturated heterocycles. The highest BCUT2D eigenvalue weighted by Gasteiger charge is 2.22. The van der Waals surface area contributed by atoms with E-state index in [2.05, 4.69) is 16.1 Å². The van der Waals surface area contributed by atoms with E-state index in [-0.39, 0.29) is 5.75 Å². The van der Waals surface area contributed by atoms with Crippen molar-refractivity contribution >= 4 is 17.9 Å². The monoisotopic (exact) mass is 353 g/mol. The number of amides is 2. The Morgan fingerprint density at radius 2 is 1.92 bits per heavy atom. The number of carbonyl (C=O) groups is 2. The van der Waals surface area contributed by atoms with E-state index in [0.29, 0.717) is 12.1 Å². The Hall–Kier alpha value is -3.53. The molecule has 2 rings (SSSR count). The molecule has 0 aromatic heterocycles. The molecule has 7 nitrogen and oxygen atoms in total. The lowest BCUT2D eigenvalue weighted by Gasteiger charge is -2.22. The van der Waals surface area contributed by atoms with E-state index in [1.54, 1.807) is 18.2 Å². The van der Waals surface area contributed by atoms with Gasteiger partial charge in [-0.15, -0.1) is 0 Å². The van der Waals surface area contributed by atoms with Gasteiger partial charge in [-0.05, 0) is 17.7 Å². The summed E-state index contributed by atoms with van der Waals surface area (Å²) in [5.41, 5.74) is 1.37. The molecule has 0 aliphatic heterocycles. The first-order valence-electron chi connectivity index (χ1n) is 7.86. The van der Waals surface area contributed by atoms with Crippen molar-refractivity contribution in [3.8, 4) is 11.8 Å². The molecular formula is C19H19N3O4. The van der Waals surface area contributed by atoms with Crippen molar-refractivity contribution in [3.05, 3.63) is 60.2 Å². The van der Waals surface area contributed by atoms with Gasteiger partial charge in [0.1, 0.15) is 11.8 Å². The number of likely N-dealkylation sites (N-methyl/N-ethyl adjacent to an activating group) is 1. The van der Waals surface area contributed by atoms with Crippen LogP contribution >= 0.6 is 0 Å². The van der Waals surface area contributed by atoms with Gasteiger partial charge in [-0.1, -0.05) is 36.4 Å². The van der Waals surface area contributed by atoms with E-state index < -0.39 is 18.2 Å². The number of hydrogen-bond donors (Lipinski definition) is 1. The van der Waals surface area contributed by atoms with Crippen LogP contribution in [0.15, 0.2) is 54.6 Å². The van der Waals surface area contributed by atoms with Crippen LogP contribution in [0.2, 0.25) is 0 Å². The molecule has 0 aliphatic carbocycles. The van der Waals surface area contributed by atoms with Crippen molar-refractivity contribution in [1.82, 2.24) is 4.90 Å². The smallest absolute Gasteiger partial charge is 0.416 e. The normalized spacial score (nSPS) is 11.0. The molecule has 1 N–H and O–H groups in total. The molecule has 134 valence electrons. The summed E-state index contributed by atoms with van der Waals surface area (Å²) in [6.07, 6.45) is -0.895. The molecule has 2 aromatic carbocycles. The fourth-order valence-corrected chi connectivity index (χ4v) is 2.21. The van der Waals surface area contributed by atoms with Crippen LogP contribution in [0, 0.1) is 11.3 Å². The zero-order valence-electron chi connectivity index (χ0n) is 14.5. The van der Waals surface area contributed by atoms with E-state index in [9.17, 15) is 14.9 Å². The Morgan fingerprint density at radius 1 is 1.19 bits per heavy atom. The second-order valence-electron chi connectivity index (χ2n) is 5.46. The molecule has 26 heavy (non-hydrogen) atoms. The fourth-order valence-electron chi connectivity index (χ4n) is 2.21. The van der Waals surface area contributed by atoms with Crippen LogP contribution in [0.4, 0.5) is 15.3 Å². The van der Waals surface area contributed by atoms with E-state index >= 15 is 0 Å². The van der Waals surface area contributed by atoms with Crippen molar-refractivity contribution < 1.29 is 19.1 Å². The average molecular weight is 353 g/mol. The Balaban J connectivity index is 2.02. The highest BCUT2D eigenvalue weighted by molar-refractivity contribution is 5.85. The third-order valence-corrected chi connectivity index (χ3v) is 3.65. The van der Waals surface area contributed by atoms with E-state index in [1.807, 2.05) is 30.3 Å². The molecule has 0 aliphatic rings. The minimum atomic E-state index is -0.665. The van der Waals surface area contributed by atoms with Gasteiger partial charge in [0.15, 0.2) is 0 Å². The summed E-state index contributed by atoms with van der Waals surface area (Å²) in [6, 6.07) is 17.2. The number of hydrogen-bond acceptors (Lipinski definition) is 5. The first-order chi connectivity index (χ1) is 12.5. The van der Waals surface area contributed by atoms with Gasteiger partial charge < -0.3 is 9.47 Å². The molecule has 0 saturated carbocycles. The third kappa shape index (κ3) is 5.24. The van der Waals surface area contributed by atoms with Gasteiger partial charge in [-0.25, -0.2) is 9.59 Å². The van der Waals surface area contributed by atoms with E-state index in [1.165, 1.54) is 25.1 Å². The van der Waals surface area contributed by atoms with Crippen LogP contribution in [0.5, 0.6) is 5.75 Å². The number of nitrogens with zero attached hydrogens (tertiary/aromatic N) is 2. The lowest BCUT2D eigenvalue weighted by molar-refractivity contribution is 0.154. The Kier molecular flexibility index (Phi) is 6.57. The largest absolute Gasteiger partial charge is 0.453 e. The molecule has 0 spiro atoms. The quantitative estimate of drug-likeness (QED) is 0.889. The predicted molar refractivity (Wildman–Crippen MR) is 95.8 cm³/mol. The van der Waals surface area contributed by atoms with E-state index in [4.69, 9.17) is 4.74 Å². The molecule has 7 heteroatoms. The second kappa shape index (κ2) is 9.08. The molecule has 0 bridgehead atoms. The number of carbonyl (C=O) groups excluding carboxylic acids is 2. The highest BCUT2D eigenvalue weighted by Crippen LogP contribution is 2.19. The lowest BCUT2D eigenvalue weighted by atomic mass is 10.1. The average Bonchev–Trinajstić information content (AvgIpc) is 2.66. The van der Waals surface area contributed by atoms with Crippen LogP contribution in [0.25, 0.3) is 0 Å². The first-order valence-corrected chi connectivity index (χ1v) is 7.86. The molecule has 1 atom stereocenters. The van der Waals surface area contributed by atoms with Crippen molar-refractivity contribution in [2.75, 3.05) is 19.5 Å². The van der Waals surface area contributed by atoms with Gasteiger partial charge in [-0.2, -0.15) is 5.26 Å². The zero-order valence-corrected chi connectivity index (χ0v) is 14.5. The summed E-state index contributed by atoms with van der Waals surface area (Å²) in [4.78, 5) is 24.8. The lowest BCUT2D eigenvalue weighted by Crippen LogP contribution is -2.39. The molecule has 2 aromatic rings. The number of nitrogens with one attached hydrogen (secondary N) is 1. The maximum Gasteiger partial charge on any atom is 0.416 e. The summed E-state index contributed by atoms with van der Waals surface area (Å²) in [5, 5.41) is 11.9. The van der Waals surface area contributed by atoms with Gasteiger partial charge in [-0.3, -0.25) is 10.2 Å². The molecular weight excluding hydrogens is 334 g/mol. The Morgan fingerprint density at radius 3 is 2.58 bits per heavy atom. The number of anilines is 1. The summed E-state index contributed by atoms with van der Waals surface area (Å²) in [7, 11) is 2.76. The summed E-state index contributed by atoms with van der Waals surface area (Å²) < 4.78 is 9.81. The number of benzene rings is 2. The van der Waals surface area contributed by atoms with Gasteiger partial charge in [0.25, 0.3) is 0 Å². The maximum atomic E-state index is 12.3. The van der Waals surface area contributed by atoms with Crippen LogP contribution in [-0.2, 0) is 11.2 Å². The van der Waals surface area contributed by atoms with E-state index in [0.717, 1.165) is 5.56 Å². The first kappa shape index (κ1) is 18.8. The van der Waals surface area contributed by atoms with Crippen LogP contribution in [0.3, 0.4) is 0 Å².